The molecule has 2 aromatic carbocycles. The molecular formula is C24H28N4O4. The molecule has 8 nitrogen and oxygen atoms in total. The highest BCUT2D eigenvalue weighted by atomic mass is 16.7. The Morgan fingerprint density at radius 3 is 2.72 bits per heavy atom. The van der Waals surface area contributed by atoms with Crippen molar-refractivity contribution < 1.29 is 19.0 Å². The number of hydrogen-bond acceptors (Lipinski definition) is 6. The number of aromatic amines is 1. The lowest BCUT2D eigenvalue weighted by Crippen LogP contribution is -2.46. The van der Waals surface area contributed by atoms with E-state index in [-0.39, 0.29) is 0 Å². The topological polar surface area (TPSA) is 93.1 Å². The minimum atomic E-state index is -0.792. The number of anilines is 1. The summed E-state index contributed by atoms with van der Waals surface area (Å²) in [5, 5.41) is 1.08. The minimum absolute atomic E-state index is 0.313. The first-order valence-electron chi connectivity index (χ1n) is 11.1. The van der Waals surface area contributed by atoms with Crippen molar-refractivity contribution in [2.75, 3.05) is 44.4 Å². The fraction of sp³-hybridized carbons (Fsp3) is 0.375. The molecule has 0 saturated carbocycles. The van der Waals surface area contributed by atoms with Crippen LogP contribution in [0.25, 0.3) is 10.9 Å². The zero-order valence-electron chi connectivity index (χ0n) is 18.0. The summed E-state index contributed by atoms with van der Waals surface area (Å²) in [6, 6.07) is 11.7. The molecule has 5 rings (SSSR count). The zero-order valence-corrected chi connectivity index (χ0v) is 18.0. The lowest BCUT2D eigenvalue weighted by Gasteiger charge is -2.36. The van der Waals surface area contributed by atoms with Crippen LogP contribution in [-0.2, 0) is 6.42 Å². The van der Waals surface area contributed by atoms with Crippen molar-refractivity contribution >= 4 is 22.7 Å². The third-order valence-corrected chi connectivity index (χ3v) is 6.22. The molecule has 3 heterocycles. The molecule has 0 atom stereocenters. The average Bonchev–Trinajstić information content (AvgIpc) is 3.43. The van der Waals surface area contributed by atoms with Crippen molar-refractivity contribution in [3.63, 3.8) is 0 Å². The second-order valence-electron chi connectivity index (χ2n) is 8.27. The number of benzene rings is 2. The molecule has 3 aromatic rings. The smallest absolute Gasteiger partial charge is 0.409 e. The standard InChI is InChI=1S/C24H28N4O4/c25-24(29)32-19-5-6-21-20(14-19)17(15-26-21)3-1-2-8-27-9-11-28(12-10-27)18-4-7-22-23(13-18)31-16-30-22/h4-7,13-15,26H,1-3,8-12,16H2,(H2,25,29). The Morgan fingerprint density at radius 2 is 1.88 bits per heavy atom. The first-order chi connectivity index (χ1) is 15.7. The van der Waals surface area contributed by atoms with Gasteiger partial charge in [0.05, 0.1) is 0 Å². The minimum Gasteiger partial charge on any atom is -0.454 e. The van der Waals surface area contributed by atoms with Gasteiger partial charge in [0.2, 0.25) is 6.79 Å². The fourth-order valence-electron chi connectivity index (χ4n) is 4.51. The lowest BCUT2D eigenvalue weighted by atomic mass is 10.1. The third-order valence-electron chi connectivity index (χ3n) is 6.22. The highest BCUT2D eigenvalue weighted by Gasteiger charge is 2.20. The number of aromatic nitrogens is 1. The number of rotatable bonds is 7. The van der Waals surface area contributed by atoms with E-state index in [4.69, 9.17) is 19.9 Å². The van der Waals surface area contributed by atoms with Crippen LogP contribution in [0.1, 0.15) is 18.4 Å². The summed E-state index contributed by atoms with van der Waals surface area (Å²) in [5.74, 6) is 2.15. The number of unbranched alkanes of at least 4 members (excludes halogenated alkanes) is 1. The Labute approximate surface area is 186 Å². The number of nitrogens with zero attached hydrogens (tertiary/aromatic N) is 2. The molecule has 3 N–H and O–H groups in total. The van der Waals surface area contributed by atoms with Crippen LogP contribution >= 0.6 is 0 Å². The molecule has 1 amide bonds. The van der Waals surface area contributed by atoms with E-state index in [0.29, 0.717) is 12.5 Å². The average molecular weight is 437 g/mol. The Bertz CT molecular complexity index is 1100. The normalized spacial score (nSPS) is 15.9. The van der Waals surface area contributed by atoms with E-state index in [0.717, 1.165) is 74.4 Å². The highest BCUT2D eigenvalue weighted by molar-refractivity contribution is 5.85. The van der Waals surface area contributed by atoms with E-state index in [1.807, 2.05) is 24.4 Å². The molecule has 0 radical (unpaired) electrons. The Morgan fingerprint density at radius 1 is 1.03 bits per heavy atom. The van der Waals surface area contributed by atoms with Crippen LogP contribution in [0.15, 0.2) is 42.6 Å². The SMILES string of the molecule is NC(=O)Oc1ccc2[nH]cc(CCCCN3CCN(c4ccc5c(c4)OCO5)CC3)c2c1. The summed E-state index contributed by atoms with van der Waals surface area (Å²) in [5.41, 5.74) is 8.61. The third kappa shape index (κ3) is 4.45. The summed E-state index contributed by atoms with van der Waals surface area (Å²) in [4.78, 5) is 19.3. The number of aryl methyl sites for hydroxylation is 1. The van der Waals surface area contributed by atoms with E-state index < -0.39 is 6.09 Å². The summed E-state index contributed by atoms with van der Waals surface area (Å²) >= 11 is 0. The number of nitrogens with two attached hydrogens (primary N) is 1. The summed E-state index contributed by atoms with van der Waals surface area (Å²) in [7, 11) is 0. The van der Waals surface area contributed by atoms with Crippen molar-refractivity contribution in [3.8, 4) is 17.2 Å². The molecule has 0 spiro atoms. The number of piperazine rings is 1. The molecule has 1 saturated heterocycles. The van der Waals surface area contributed by atoms with Gasteiger partial charge in [-0.3, -0.25) is 4.90 Å². The van der Waals surface area contributed by atoms with Crippen molar-refractivity contribution in [2.24, 2.45) is 5.73 Å². The molecule has 1 fully saturated rings. The molecule has 2 aliphatic heterocycles. The first-order valence-corrected chi connectivity index (χ1v) is 11.1. The van der Waals surface area contributed by atoms with Crippen LogP contribution in [-0.4, -0.2) is 55.5 Å². The molecule has 0 aliphatic carbocycles. The maximum absolute atomic E-state index is 11.0. The number of ether oxygens (including phenoxy) is 3. The van der Waals surface area contributed by atoms with Gasteiger partial charge in [0, 0.05) is 55.0 Å². The maximum Gasteiger partial charge on any atom is 0.409 e. The number of H-pyrrole nitrogens is 1. The van der Waals surface area contributed by atoms with Gasteiger partial charge in [0.25, 0.3) is 0 Å². The summed E-state index contributed by atoms with van der Waals surface area (Å²) < 4.78 is 15.9. The number of primary amides is 1. The second kappa shape index (κ2) is 9.00. The van der Waals surface area contributed by atoms with Crippen molar-refractivity contribution in [3.05, 3.63) is 48.2 Å². The molecule has 0 bridgehead atoms. The predicted molar refractivity (Wildman–Crippen MR) is 123 cm³/mol. The number of nitrogens with one attached hydrogen (secondary N) is 1. The van der Waals surface area contributed by atoms with E-state index >= 15 is 0 Å². The van der Waals surface area contributed by atoms with Crippen LogP contribution in [0.2, 0.25) is 0 Å². The van der Waals surface area contributed by atoms with Gasteiger partial charge in [0.15, 0.2) is 11.5 Å². The largest absolute Gasteiger partial charge is 0.454 e. The van der Waals surface area contributed by atoms with Gasteiger partial charge in [-0.15, -0.1) is 0 Å². The fourth-order valence-corrected chi connectivity index (χ4v) is 4.51. The molecular weight excluding hydrogens is 408 g/mol. The van der Waals surface area contributed by atoms with Gasteiger partial charge in [-0.05, 0) is 61.7 Å². The predicted octanol–water partition coefficient (Wildman–Crippen LogP) is 3.50. The van der Waals surface area contributed by atoms with Crippen molar-refractivity contribution in [1.29, 1.82) is 0 Å². The summed E-state index contributed by atoms with van der Waals surface area (Å²) in [6.45, 7) is 5.58. The van der Waals surface area contributed by atoms with Gasteiger partial charge in [0.1, 0.15) is 5.75 Å². The van der Waals surface area contributed by atoms with E-state index in [9.17, 15) is 4.79 Å². The highest BCUT2D eigenvalue weighted by Crippen LogP contribution is 2.35. The van der Waals surface area contributed by atoms with Gasteiger partial charge < -0.3 is 29.8 Å². The van der Waals surface area contributed by atoms with E-state index in [1.165, 1.54) is 11.3 Å². The number of amides is 1. The van der Waals surface area contributed by atoms with E-state index in [1.54, 1.807) is 6.07 Å². The summed E-state index contributed by atoms with van der Waals surface area (Å²) in [6.07, 6.45) is 4.49. The van der Waals surface area contributed by atoms with E-state index in [2.05, 4.69) is 26.9 Å². The van der Waals surface area contributed by atoms with Crippen LogP contribution in [0.4, 0.5) is 10.5 Å². The van der Waals surface area contributed by atoms with Crippen LogP contribution < -0.4 is 24.8 Å². The molecule has 32 heavy (non-hydrogen) atoms. The molecule has 0 unspecified atom stereocenters. The Hall–Kier alpha value is -3.39. The number of hydrogen-bond donors (Lipinski definition) is 2. The Balaban J connectivity index is 1.08. The van der Waals surface area contributed by atoms with Crippen LogP contribution in [0, 0.1) is 0 Å². The number of fused-ring (bicyclic) bond motifs is 2. The molecule has 168 valence electrons. The van der Waals surface area contributed by atoms with Gasteiger partial charge >= 0.3 is 6.09 Å². The number of carbonyl (C=O) groups is 1. The number of carbonyl (C=O) groups excluding carboxylic acids is 1. The molecule has 2 aliphatic rings. The van der Waals surface area contributed by atoms with Crippen LogP contribution in [0.5, 0.6) is 17.2 Å². The molecule has 1 aromatic heterocycles. The Kier molecular flexibility index (Phi) is 5.77. The van der Waals surface area contributed by atoms with Gasteiger partial charge in [-0.2, -0.15) is 0 Å². The lowest BCUT2D eigenvalue weighted by molar-refractivity contribution is 0.174. The van der Waals surface area contributed by atoms with Gasteiger partial charge in [-0.1, -0.05) is 0 Å². The van der Waals surface area contributed by atoms with Crippen LogP contribution in [0.3, 0.4) is 0 Å². The second-order valence-corrected chi connectivity index (χ2v) is 8.27. The molecule has 8 heteroatoms. The quantitative estimate of drug-likeness (QED) is 0.551. The van der Waals surface area contributed by atoms with Gasteiger partial charge in [-0.25, -0.2) is 4.79 Å². The van der Waals surface area contributed by atoms with Crippen molar-refractivity contribution in [1.82, 2.24) is 9.88 Å². The maximum atomic E-state index is 11.0. The monoisotopic (exact) mass is 436 g/mol. The first kappa shape index (κ1) is 20.5. The zero-order chi connectivity index (χ0) is 21.9. The van der Waals surface area contributed by atoms with Crippen molar-refractivity contribution in [2.45, 2.75) is 19.3 Å².